The van der Waals surface area contributed by atoms with Crippen molar-refractivity contribution in [3.63, 3.8) is 0 Å². The van der Waals surface area contributed by atoms with Crippen LogP contribution in [0.3, 0.4) is 0 Å². The first-order valence-corrected chi connectivity index (χ1v) is 12.9. The van der Waals surface area contributed by atoms with E-state index in [-0.39, 0.29) is 28.0 Å². The number of hydrogen-bond acceptors (Lipinski definition) is 5. The van der Waals surface area contributed by atoms with E-state index in [1.54, 1.807) is 9.58 Å². The van der Waals surface area contributed by atoms with Gasteiger partial charge < -0.3 is 5.11 Å². The first-order chi connectivity index (χ1) is 16.3. The maximum atomic E-state index is 13.3. The van der Waals surface area contributed by atoms with E-state index in [1.807, 2.05) is 84.2 Å². The monoisotopic (exact) mass is 493 g/mol. The molecule has 0 fully saturated rings. The van der Waals surface area contributed by atoms with Crippen molar-refractivity contribution in [3.8, 4) is 17.0 Å². The number of nitrogens with zero attached hydrogens (tertiary/aromatic N) is 3. The minimum Gasteiger partial charge on any atom is -0.507 e. The number of para-hydroxylation sites is 1. The molecule has 0 aliphatic carbocycles. The number of phenols is 1. The summed E-state index contributed by atoms with van der Waals surface area (Å²) in [4.78, 5) is 31.0. The second-order valence-corrected chi connectivity index (χ2v) is 11.8. The van der Waals surface area contributed by atoms with Crippen LogP contribution >= 0.6 is 11.8 Å². The molecule has 1 atom stereocenters. The van der Waals surface area contributed by atoms with Crippen molar-refractivity contribution in [2.24, 2.45) is 0 Å². The topological polar surface area (TPSA) is 90.2 Å². The molecule has 0 saturated carbocycles. The lowest BCUT2D eigenvalue weighted by Gasteiger charge is -2.33. The molecule has 0 spiro atoms. The van der Waals surface area contributed by atoms with Crippen LogP contribution in [-0.2, 0) is 15.6 Å². The largest absolute Gasteiger partial charge is 0.507 e. The van der Waals surface area contributed by atoms with E-state index < -0.39 is 6.17 Å². The van der Waals surface area contributed by atoms with Crippen LogP contribution in [0.1, 0.15) is 71.3 Å². The molecule has 0 unspecified atom stereocenters. The summed E-state index contributed by atoms with van der Waals surface area (Å²) in [7, 11) is 0. The Balaban J connectivity index is 2.15. The molecule has 0 radical (unpaired) electrons. The molecule has 0 saturated heterocycles. The van der Waals surface area contributed by atoms with Crippen molar-refractivity contribution in [3.05, 3.63) is 63.4 Å². The Morgan fingerprint density at radius 3 is 2.17 bits per heavy atom. The molecule has 2 heterocycles. The lowest BCUT2D eigenvalue weighted by atomic mass is 9.78. The fourth-order valence-electron chi connectivity index (χ4n) is 4.65. The van der Waals surface area contributed by atoms with Crippen molar-refractivity contribution in [2.45, 2.75) is 70.6 Å². The summed E-state index contributed by atoms with van der Waals surface area (Å²) < 4.78 is 1.65. The molecule has 7 nitrogen and oxygen atoms in total. The summed E-state index contributed by atoms with van der Waals surface area (Å²) in [5.74, 6) is 0.0873. The van der Waals surface area contributed by atoms with Gasteiger partial charge in [-0.05, 0) is 46.0 Å². The van der Waals surface area contributed by atoms with Gasteiger partial charge in [0.2, 0.25) is 11.1 Å². The molecule has 8 heteroatoms. The van der Waals surface area contributed by atoms with E-state index in [1.165, 1.54) is 18.7 Å². The number of benzene rings is 2. The zero-order valence-electron chi connectivity index (χ0n) is 21.6. The quantitative estimate of drug-likeness (QED) is 0.400. The van der Waals surface area contributed by atoms with Crippen LogP contribution in [-0.4, -0.2) is 27.4 Å². The minimum atomic E-state index is -0.701. The Bertz CT molecular complexity index is 1350. The number of aromatic hydroxyl groups is 1. The number of phenolic OH excluding ortho intramolecular Hbond substituents is 1. The molecular formula is C27H33N4O3S+. The molecule has 2 N–H and O–H groups in total. The molecule has 1 aromatic heterocycles. The van der Waals surface area contributed by atoms with E-state index in [2.05, 4.69) is 4.98 Å². The van der Waals surface area contributed by atoms with Gasteiger partial charge in [-0.3, -0.25) is 14.6 Å². The van der Waals surface area contributed by atoms with Gasteiger partial charge >= 0.3 is 11.3 Å². The minimum absolute atomic E-state index is 0.170. The standard InChI is InChI=1S/C27H32N4O3S/c1-15(32)30-20-12-10-9-11-17(20)21-23(34)28-25(35-8)29-31(21)24(30)16-13-18(26(2,3)4)22(33)19(14-16)27(5,6)7/h9-14,24H,1-8H3,(H-,28,29,33,34)/p+1/t24-/m1/s1. The SMILES string of the molecule is CSc1n[n+]2c(c(=O)[nH]1)-c1ccccc1N(C(C)=O)[C@H]2c1cc(C(C)(C)C)c(O)c(C(C)(C)C)c1. The number of anilines is 1. The van der Waals surface area contributed by atoms with Crippen molar-refractivity contribution < 1.29 is 14.6 Å². The summed E-state index contributed by atoms with van der Waals surface area (Å²) in [5, 5.41) is 16.5. The highest BCUT2D eigenvalue weighted by molar-refractivity contribution is 7.98. The summed E-state index contributed by atoms with van der Waals surface area (Å²) in [6, 6.07) is 11.3. The molecule has 35 heavy (non-hydrogen) atoms. The number of thioether (sulfide) groups is 1. The molecule has 184 valence electrons. The predicted octanol–water partition coefficient (Wildman–Crippen LogP) is 4.66. The van der Waals surface area contributed by atoms with Crippen LogP contribution in [0, 0.1) is 0 Å². The van der Waals surface area contributed by atoms with E-state index in [4.69, 9.17) is 5.10 Å². The van der Waals surface area contributed by atoms with Gasteiger partial charge in [-0.1, -0.05) is 65.4 Å². The first kappa shape index (κ1) is 25.0. The summed E-state index contributed by atoms with van der Waals surface area (Å²) in [6.07, 6.45) is 1.14. The molecule has 2 aromatic carbocycles. The highest BCUT2D eigenvalue weighted by atomic mass is 32.2. The van der Waals surface area contributed by atoms with Gasteiger partial charge in [0.1, 0.15) is 5.75 Å². The van der Waals surface area contributed by atoms with Crippen LogP contribution in [0.15, 0.2) is 46.3 Å². The number of amides is 1. The van der Waals surface area contributed by atoms with Crippen molar-refractivity contribution in [1.29, 1.82) is 0 Å². The van der Waals surface area contributed by atoms with Gasteiger partial charge in [0.05, 0.1) is 11.3 Å². The molecule has 1 amide bonds. The zero-order chi connectivity index (χ0) is 25.9. The third-order valence-corrected chi connectivity index (χ3v) is 6.91. The van der Waals surface area contributed by atoms with Gasteiger partial charge in [-0.25, -0.2) is 4.90 Å². The molecule has 0 bridgehead atoms. The van der Waals surface area contributed by atoms with E-state index >= 15 is 0 Å². The Kier molecular flexibility index (Phi) is 6.08. The van der Waals surface area contributed by atoms with Crippen molar-refractivity contribution >= 4 is 23.4 Å². The van der Waals surface area contributed by atoms with Crippen LogP contribution in [0.4, 0.5) is 5.69 Å². The smallest absolute Gasteiger partial charge is 0.325 e. The van der Waals surface area contributed by atoms with Crippen LogP contribution < -0.4 is 15.1 Å². The van der Waals surface area contributed by atoms with E-state index in [0.717, 1.165) is 16.7 Å². The van der Waals surface area contributed by atoms with Crippen molar-refractivity contribution in [2.75, 3.05) is 11.2 Å². The number of rotatable bonds is 2. The maximum Gasteiger partial charge on any atom is 0.325 e. The number of hydrogen-bond donors (Lipinski definition) is 2. The second kappa shape index (κ2) is 8.52. The number of carbonyl (C=O) groups excluding carboxylic acids is 1. The fraction of sp³-hybridized carbons (Fsp3) is 0.407. The summed E-state index contributed by atoms with van der Waals surface area (Å²) in [5.41, 5.74) is 3.04. The van der Waals surface area contributed by atoms with Gasteiger partial charge in [0.25, 0.3) is 6.17 Å². The molecule has 4 rings (SSSR count). The number of nitrogens with one attached hydrogen (secondary N) is 1. The van der Waals surface area contributed by atoms with Crippen LogP contribution in [0.25, 0.3) is 11.3 Å². The number of H-pyrrole nitrogens is 1. The second-order valence-electron chi connectivity index (χ2n) is 11.0. The van der Waals surface area contributed by atoms with Gasteiger partial charge in [-0.2, -0.15) is 0 Å². The average molecular weight is 494 g/mol. The molecule has 1 aliphatic heterocycles. The Hall–Kier alpha value is -3.13. The average Bonchev–Trinajstić information content (AvgIpc) is 2.76. The summed E-state index contributed by atoms with van der Waals surface area (Å²) >= 11 is 1.33. The third kappa shape index (κ3) is 4.24. The maximum absolute atomic E-state index is 13.3. The number of aromatic amines is 1. The fourth-order valence-corrected chi connectivity index (χ4v) is 5.02. The van der Waals surface area contributed by atoms with Crippen LogP contribution in [0.2, 0.25) is 0 Å². The Morgan fingerprint density at radius 1 is 1.09 bits per heavy atom. The van der Waals surface area contributed by atoms with Gasteiger partial charge in [0.15, 0.2) is 0 Å². The highest BCUT2D eigenvalue weighted by Crippen LogP contribution is 2.43. The van der Waals surface area contributed by atoms with Gasteiger partial charge in [0, 0.05) is 28.7 Å². The number of aromatic nitrogens is 3. The Labute approximate surface area is 210 Å². The van der Waals surface area contributed by atoms with Gasteiger partial charge in [-0.15, -0.1) is 0 Å². The molecule has 1 aliphatic rings. The van der Waals surface area contributed by atoms with Crippen molar-refractivity contribution in [1.82, 2.24) is 10.1 Å². The van der Waals surface area contributed by atoms with E-state index in [0.29, 0.717) is 22.1 Å². The molecule has 3 aromatic rings. The normalized spacial score (nSPS) is 15.5. The highest BCUT2D eigenvalue weighted by Gasteiger charge is 2.45. The number of fused-ring (bicyclic) bond motifs is 3. The third-order valence-electron chi connectivity index (χ3n) is 6.34. The summed E-state index contributed by atoms with van der Waals surface area (Å²) in [6.45, 7) is 13.8. The number of carbonyl (C=O) groups is 1. The van der Waals surface area contributed by atoms with E-state index in [9.17, 15) is 14.7 Å². The lowest BCUT2D eigenvalue weighted by Crippen LogP contribution is -2.60. The molecular weight excluding hydrogens is 460 g/mol. The predicted molar refractivity (Wildman–Crippen MR) is 139 cm³/mol. The van der Waals surface area contributed by atoms with Crippen LogP contribution in [0.5, 0.6) is 5.75 Å². The lowest BCUT2D eigenvalue weighted by molar-refractivity contribution is -0.763. The zero-order valence-corrected chi connectivity index (χ0v) is 22.4. The Morgan fingerprint density at radius 2 is 1.66 bits per heavy atom. The first-order valence-electron chi connectivity index (χ1n) is 11.6.